The number of carbonyl (C=O) groups is 3. The quantitative estimate of drug-likeness (QED) is 0.544. The third-order valence-electron chi connectivity index (χ3n) is 6.56. The predicted octanol–water partition coefficient (Wildman–Crippen LogP) is 2.29. The molecule has 2 aliphatic heterocycles. The SMILES string of the molecule is CC1(CCc2ccccc2)NC(=O)N(NC(=O)CN2CCN(C/C=C/c3ccccc3)CC2)C1=O. The maximum Gasteiger partial charge on any atom is 0.344 e. The molecule has 2 heterocycles. The second-order valence-corrected chi connectivity index (χ2v) is 9.31. The first-order valence-corrected chi connectivity index (χ1v) is 12.1. The molecule has 0 aliphatic carbocycles. The van der Waals surface area contributed by atoms with Gasteiger partial charge in [-0.05, 0) is 30.9 Å². The first kappa shape index (κ1) is 24.6. The first-order valence-electron chi connectivity index (χ1n) is 12.1. The average Bonchev–Trinajstić information content (AvgIpc) is 3.08. The number of urea groups is 1. The van der Waals surface area contributed by atoms with E-state index in [1.54, 1.807) is 6.92 Å². The number of nitrogens with one attached hydrogen (secondary N) is 2. The Bertz CT molecular complexity index is 1050. The molecule has 0 spiro atoms. The number of imide groups is 1. The van der Waals surface area contributed by atoms with Crippen LogP contribution in [0.4, 0.5) is 4.79 Å². The molecule has 35 heavy (non-hydrogen) atoms. The molecule has 0 aromatic heterocycles. The summed E-state index contributed by atoms with van der Waals surface area (Å²) in [6.45, 7) is 5.92. The van der Waals surface area contributed by atoms with Gasteiger partial charge < -0.3 is 5.32 Å². The number of piperazine rings is 1. The number of rotatable bonds is 9. The smallest absolute Gasteiger partial charge is 0.322 e. The second kappa shape index (κ2) is 11.3. The molecule has 1 atom stereocenters. The van der Waals surface area contributed by atoms with Crippen molar-refractivity contribution >= 4 is 23.9 Å². The highest BCUT2D eigenvalue weighted by molar-refractivity contribution is 6.07. The molecule has 0 bridgehead atoms. The molecule has 4 amide bonds. The van der Waals surface area contributed by atoms with Crippen molar-refractivity contribution < 1.29 is 14.4 Å². The van der Waals surface area contributed by atoms with Crippen molar-refractivity contribution in [3.05, 3.63) is 77.9 Å². The molecule has 184 valence electrons. The minimum Gasteiger partial charge on any atom is -0.322 e. The zero-order valence-electron chi connectivity index (χ0n) is 20.2. The van der Waals surface area contributed by atoms with Crippen molar-refractivity contribution in [1.29, 1.82) is 0 Å². The van der Waals surface area contributed by atoms with Crippen LogP contribution in [0.2, 0.25) is 0 Å². The summed E-state index contributed by atoms with van der Waals surface area (Å²) < 4.78 is 0. The lowest BCUT2D eigenvalue weighted by molar-refractivity contribution is -0.139. The number of aryl methyl sites for hydroxylation is 1. The first-order chi connectivity index (χ1) is 16.9. The summed E-state index contributed by atoms with van der Waals surface area (Å²) in [5.41, 5.74) is 3.74. The van der Waals surface area contributed by atoms with Crippen molar-refractivity contribution in [3.63, 3.8) is 0 Å². The van der Waals surface area contributed by atoms with Gasteiger partial charge in [0.25, 0.3) is 11.8 Å². The van der Waals surface area contributed by atoms with E-state index >= 15 is 0 Å². The monoisotopic (exact) mass is 475 g/mol. The number of hydrogen-bond donors (Lipinski definition) is 2. The fourth-order valence-electron chi connectivity index (χ4n) is 4.39. The van der Waals surface area contributed by atoms with Crippen LogP contribution in [0.15, 0.2) is 66.7 Å². The highest BCUT2D eigenvalue weighted by atomic mass is 16.2. The Morgan fingerprint density at radius 2 is 1.60 bits per heavy atom. The largest absolute Gasteiger partial charge is 0.344 e. The number of carbonyl (C=O) groups excluding carboxylic acids is 3. The van der Waals surface area contributed by atoms with Crippen molar-refractivity contribution in [1.82, 2.24) is 25.6 Å². The van der Waals surface area contributed by atoms with Gasteiger partial charge in [0, 0.05) is 32.7 Å². The zero-order valence-corrected chi connectivity index (χ0v) is 20.2. The predicted molar refractivity (Wildman–Crippen MR) is 135 cm³/mol. The van der Waals surface area contributed by atoms with Crippen LogP contribution in [0.3, 0.4) is 0 Å². The number of benzene rings is 2. The molecule has 1 unspecified atom stereocenters. The Labute approximate surface area is 206 Å². The fourth-order valence-corrected chi connectivity index (χ4v) is 4.39. The highest BCUT2D eigenvalue weighted by Gasteiger charge is 2.48. The van der Waals surface area contributed by atoms with Crippen LogP contribution >= 0.6 is 0 Å². The Hall–Kier alpha value is -3.49. The summed E-state index contributed by atoms with van der Waals surface area (Å²) in [5.74, 6) is -0.792. The molecule has 2 aromatic rings. The summed E-state index contributed by atoms with van der Waals surface area (Å²) in [7, 11) is 0. The van der Waals surface area contributed by atoms with Crippen LogP contribution < -0.4 is 10.7 Å². The van der Waals surface area contributed by atoms with Gasteiger partial charge in [-0.25, -0.2) is 4.79 Å². The topological polar surface area (TPSA) is 85.0 Å². The van der Waals surface area contributed by atoms with Crippen molar-refractivity contribution in [3.8, 4) is 0 Å². The summed E-state index contributed by atoms with van der Waals surface area (Å²) in [4.78, 5) is 42.4. The minimum atomic E-state index is -1.04. The average molecular weight is 476 g/mol. The number of nitrogens with zero attached hydrogens (tertiary/aromatic N) is 3. The van der Waals surface area contributed by atoms with E-state index in [9.17, 15) is 14.4 Å². The van der Waals surface area contributed by atoms with E-state index in [0.29, 0.717) is 12.8 Å². The molecular formula is C27H33N5O3. The third kappa shape index (κ3) is 6.55. The summed E-state index contributed by atoms with van der Waals surface area (Å²) in [6, 6.07) is 19.4. The number of amides is 4. The minimum absolute atomic E-state index is 0.144. The Morgan fingerprint density at radius 1 is 0.971 bits per heavy atom. The molecule has 8 nitrogen and oxygen atoms in total. The van der Waals surface area contributed by atoms with E-state index in [2.05, 4.69) is 39.9 Å². The lowest BCUT2D eigenvalue weighted by atomic mass is 9.93. The van der Waals surface area contributed by atoms with Gasteiger partial charge in [0.2, 0.25) is 0 Å². The normalized spacial score (nSPS) is 21.5. The van der Waals surface area contributed by atoms with Gasteiger partial charge >= 0.3 is 6.03 Å². The van der Waals surface area contributed by atoms with Gasteiger partial charge in [-0.3, -0.25) is 24.8 Å². The molecular weight excluding hydrogens is 442 g/mol. The van der Waals surface area contributed by atoms with Gasteiger partial charge in [-0.15, -0.1) is 0 Å². The molecule has 4 rings (SSSR count). The van der Waals surface area contributed by atoms with Gasteiger partial charge in [0.05, 0.1) is 6.54 Å². The maximum atomic E-state index is 12.9. The summed E-state index contributed by atoms with van der Waals surface area (Å²) in [5, 5.41) is 3.57. The maximum absolute atomic E-state index is 12.9. The van der Waals surface area contributed by atoms with Crippen LogP contribution in [0.25, 0.3) is 6.08 Å². The van der Waals surface area contributed by atoms with Gasteiger partial charge in [-0.2, -0.15) is 5.01 Å². The molecule has 2 N–H and O–H groups in total. The fraction of sp³-hybridized carbons (Fsp3) is 0.370. The number of hydrogen-bond acceptors (Lipinski definition) is 5. The van der Waals surface area contributed by atoms with Gasteiger partial charge in [-0.1, -0.05) is 72.8 Å². The van der Waals surface area contributed by atoms with E-state index in [0.717, 1.165) is 43.3 Å². The molecule has 0 radical (unpaired) electrons. The molecule has 8 heteroatoms. The Balaban J connectivity index is 1.20. The van der Waals surface area contributed by atoms with Crippen LogP contribution in [0.5, 0.6) is 0 Å². The van der Waals surface area contributed by atoms with Gasteiger partial charge in [0.1, 0.15) is 5.54 Å². The van der Waals surface area contributed by atoms with Crippen LogP contribution in [-0.4, -0.2) is 77.5 Å². The Morgan fingerprint density at radius 3 is 2.29 bits per heavy atom. The van der Waals surface area contributed by atoms with E-state index in [4.69, 9.17) is 0 Å². The summed E-state index contributed by atoms with van der Waals surface area (Å²) >= 11 is 0. The second-order valence-electron chi connectivity index (χ2n) is 9.31. The van der Waals surface area contributed by atoms with Crippen LogP contribution in [0.1, 0.15) is 24.5 Å². The Kier molecular flexibility index (Phi) is 7.94. The van der Waals surface area contributed by atoms with Crippen LogP contribution in [0, 0.1) is 0 Å². The van der Waals surface area contributed by atoms with E-state index in [-0.39, 0.29) is 12.5 Å². The van der Waals surface area contributed by atoms with E-state index < -0.39 is 17.5 Å². The lowest BCUT2D eigenvalue weighted by Gasteiger charge is -2.33. The molecule has 2 saturated heterocycles. The molecule has 2 aromatic carbocycles. The van der Waals surface area contributed by atoms with E-state index in [1.165, 1.54) is 5.56 Å². The third-order valence-corrected chi connectivity index (χ3v) is 6.56. The molecule has 2 aliphatic rings. The highest BCUT2D eigenvalue weighted by Crippen LogP contribution is 2.22. The molecule has 0 saturated carbocycles. The lowest BCUT2D eigenvalue weighted by Crippen LogP contribution is -2.53. The van der Waals surface area contributed by atoms with E-state index in [1.807, 2.05) is 53.4 Å². The standard InChI is InChI=1S/C27H33N5O3/c1-27(15-14-23-11-6-3-7-12-23)25(34)32(26(35)28-27)29-24(33)21-31-19-17-30(18-20-31)16-8-13-22-9-4-2-5-10-22/h2-13H,14-21H2,1H3,(H,28,35)(H,29,33)/b13-8+. The van der Waals surface area contributed by atoms with Crippen LogP contribution in [-0.2, 0) is 16.0 Å². The summed E-state index contributed by atoms with van der Waals surface area (Å²) in [6.07, 6.45) is 5.38. The zero-order chi connectivity index (χ0) is 24.7. The number of hydrazine groups is 1. The van der Waals surface area contributed by atoms with Crippen molar-refractivity contribution in [2.24, 2.45) is 0 Å². The van der Waals surface area contributed by atoms with Crippen molar-refractivity contribution in [2.75, 3.05) is 39.3 Å². The van der Waals surface area contributed by atoms with Gasteiger partial charge in [0.15, 0.2) is 0 Å². The molecule has 2 fully saturated rings. The van der Waals surface area contributed by atoms with Crippen molar-refractivity contribution in [2.45, 2.75) is 25.3 Å².